The summed E-state index contributed by atoms with van der Waals surface area (Å²) in [4.78, 5) is 13.5. The summed E-state index contributed by atoms with van der Waals surface area (Å²) >= 11 is 7.65. The van der Waals surface area contributed by atoms with E-state index >= 15 is 0 Å². The fourth-order valence-corrected chi connectivity index (χ4v) is 2.68. The maximum atomic E-state index is 12.4. The van der Waals surface area contributed by atoms with Gasteiger partial charge in [-0.25, -0.2) is 0 Å². The highest BCUT2D eigenvalue weighted by Gasteiger charge is 2.19. The number of aryl methyl sites for hydroxylation is 1. The highest BCUT2D eigenvalue weighted by molar-refractivity contribution is 7.98. The zero-order chi connectivity index (χ0) is 16.8. The van der Waals surface area contributed by atoms with E-state index < -0.39 is 6.10 Å². The van der Waals surface area contributed by atoms with Crippen LogP contribution in [0.2, 0.25) is 5.02 Å². The lowest BCUT2D eigenvalue weighted by Gasteiger charge is -2.18. The molecule has 0 aliphatic carbocycles. The van der Waals surface area contributed by atoms with Crippen LogP contribution in [0.4, 0.5) is 5.69 Å². The first-order chi connectivity index (χ1) is 11.0. The number of amides is 1. The summed E-state index contributed by atoms with van der Waals surface area (Å²) in [5.74, 6) is 0.491. The molecule has 0 unspecified atom stereocenters. The molecule has 0 saturated heterocycles. The molecule has 122 valence electrons. The third kappa shape index (κ3) is 4.91. The van der Waals surface area contributed by atoms with E-state index in [2.05, 4.69) is 5.32 Å². The Morgan fingerprint density at radius 2 is 2.09 bits per heavy atom. The molecule has 0 aromatic heterocycles. The molecular formula is C18H20ClNO2S. The molecule has 0 bridgehead atoms. The van der Waals surface area contributed by atoms with E-state index in [1.807, 2.05) is 50.4 Å². The van der Waals surface area contributed by atoms with E-state index in [-0.39, 0.29) is 5.91 Å². The van der Waals surface area contributed by atoms with Gasteiger partial charge in [0, 0.05) is 15.6 Å². The zero-order valence-electron chi connectivity index (χ0n) is 13.4. The van der Waals surface area contributed by atoms with Crippen molar-refractivity contribution in [3.8, 4) is 5.75 Å². The van der Waals surface area contributed by atoms with Crippen molar-refractivity contribution in [1.82, 2.24) is 0 Å². The first kappa shape index (κ1) is 17.7. The number of anilines is 1. The van der Waals surface area contributed by atoms with Gasteiger partial charge in [-0.3, -0.25) is 4.79 Å². The lowest BCUT2D eigenvalue weighted by molar-refractivity contribution is -0.122. The number of nitrogens with one attached hydrogen (secondary N) is 1. The van der Waals surface area contributed by atoms with Crippen LogP contribution >= 0.6 is 23.4 Å². The summed E-state index contributed by atoms with van der Waals surface area (Å²) in [6.45, 7) is 3.83. The van der Waals surface area contributed by atoms with Crippen LogP contribution in [0.15, 0.2) is 47.4 Å². The van der Waals surface area contributed by atoms with E-state index in [1.165, 1.54) is 0 Å². The van der Waals surface area contributed by atoms with E-state index in [4.69, 9.17) is 16.3 Å². The predicted molar refractivity (Wildman–Crippen MR) is 97.7 cm³/mol. The zero-order valence-corrected chi connectivity index (χ0v) is 15.0. The topological polar surface area (TPSA) is 38.3 Å². The summed E-state index contributed by atoms with van der Waals surface area (Å²) < 4.78 is 5.81. The van der Waals surface area contributed by atoms with Crippen molar-refractivity contribution in [2.75, 3.05) is 11.6 Å². The number of benzene rings is 2. The highest BCUT2D eigenvalue weighted by atomic mass is 35.5. The SMILES string of the molecule is CC[C@@H](Oc1ccc(Cl)c(C)c1)C(=O)Nc1cccc(SC)c1. The molecule has 1 atom stereocenters. The monoisotopic (exact) mass is 349 g/mol. The standard InChI is InChI=1S/C18H20ClNO2S/c1-4-17(22-14-8-9-16(19)12(2)10-14)18(21)20-13-6-5-7-15(11-13)23-3/h5-11,17H,4H2,1-3H3,(H,20,21)/t17-/m1/s1. The Labute approximate surface area is 146 Å². The second kappa shape index (κ2) is 8.27. The average molecular weight is 350 g/mol. The summed E-state index contributed by atoms with van der Waals surface area (Å²) in [6.07, 6.45) is 2.03. The van der Waals surface area contributed by atoms with Crippen molar-refractivity contribution < 1.29 is 9.53 Å². The van der Waals surface area contributed by atoms with Gasteiger partial charge in [-0.05, 0) is 61.6 Å². The first-order valence-corrected chi connectivity index (χ1v) is 9.01. The van der Waals surface area contributed by atoms with Crippen molar-refractivity contribution in [1.29, 1.82) is 0 Å². The summed E-state index contributed by atoms with van der Waals surface area (Å²) in [5, 5.41) is 3.59. The highest BCUT2D eigenvalue weighted by Crippen LogP contribution is 2.23. The van der Waals surface area contributed by atoms with Crippen LogP contribution in [0.3, 0.4) is 0 Å². The molecule has 2 rings (SSSR count). The molecular weight excluding hydrogens is 330 g/mol. The molecule has 5 heteroatoms. The molecule has 23 heavy (non-hydrogen) atoms. The Hall–Kier alpha value is -1.65. The van der Waals surface area contributed by atoms with Crippen molar-refractivity contribution >= 4 is 35.0 Å². The fraction of sp³-hybridized carbons (Fsp3) is 0.278. The van der Waals surface area contributed by atoms with Crippen LogP contribution in [-0.4, -0.2) is 18.3 Å². The minimum atomic E-state index is -0.548. The Morgan fingerprint density at radius 1 is 1.30 bits per heavy atom. The Balaban J connectivity index is 2.07. The van der Waals surface area contributed by atoms with Gasteiger partial charge in [-0.15, -0.1) is 11.8 Å². The number of hydrogen-bond donors (Lipinski definition) is 1. The molecule has 0 fully saturated rings. The maximum absolute atomic E-state index is 12.4. The van der Waals surface area contributed by atoms with Gasteiger partial charge < -0.3 is 10.1 Å². The predicted octanol–water partition coefficient (Wildman–Crippen LogP) is 5.17. The minimum absolute atomic E-state index is 0.154. The third-order valence-corrected chi connectivity index (χ3v) is 4.56. The lowest BCUT2D eigenvalue weighted by Crippen LogP contribution is -2.32. The number of carbonyl (C=O) groups excluding carboxylic acids is 1. The van der Waals surface area contributed by atoms with Crippen LogP contribution < -0.4 is 10.1 Å². The van der Waals surface area contributed by atoms with Crippen LogP contribution in [0.25, 0.3) is 0 Å². The molecule has 2 aromatic rings. The number of halogens is 1. The molecule has 0 aliphatic rings. The van der Waals surface area contributed by atoms with Gasteiger partial charge in [0.25, 0.3) is 5.91 Å². The normalized spacial score (nSPS) is 11.8. The molecule has 1 amide bonds. The smallest absolute Gasteiger partial charge is 0.265 e. The summed E-state index contributed by atoms with van der Waals surface area (Å²) in [7, 11) is 0. The van der Waals surface area contributed by atoms with Gasteiger partial charge in [0.15, 0.2) is 6.10 Å². The largest absolute Gasteiger partial charge is 0.481 e. The van der Waals surface area contributed by atoms with Gasteiger partial charge in [0.1, 0.15) is 5.75 Å². The van der Waals surface area contributed by atoms with Gasteiger partial charge in [0.05, 0.1) is 0 Å². The van der Waals surface area contributed by atoms with E-state index in [1.54, 1.807) is 23.9 Å². The number of ether oxygens (including phenoxy) is 1. The fourth-order valence-electron chi connectivity index (χ4n) is 2.10. The minimum Gasteiger partial charge on any atom is -0.481 e. The van der Waals surface area contributed by atoms with E-state index in [0.717, 1.165) is 16.1 Å². The molecule has 0 heterocycles. The Morgan fingerprint density at radius 3 is 2.74 bits per heavy atom. The quantitative estimate of drug-likeness (QED) is 0.731. The van der Waals surface area contributed by atoms with E-state index in [9.17, 15) is 4.79 Å². The first-order valence-electron chi connectivity index (χ1n) is 7.41. The van der Waals surface area contributed by atoms with E-state index in [0.29, 0.717) is 17.2 Å². The average Bonchev–Trinajstić information content (AvgIpc) is 2.55. The Bertz CT molecular complexity index is 690. The van der Waals surface area contributed by atoms with Gasteiger partial charge >= 0.3 is 0 Å². The molecule has 2 aromatic carbocycles. The van der Waals surface area contributed by atoms with Gasteiger partial charge in [-0.2, -0.15) is 0 Å². The number of rotatable bonds is 6. The molecule has 0 radical (unpaired) electrons. The number of thioether (sulfide) groups is 1. The molecule has 3 nitrogen and oxygen atoms in total. The number of hydrogen-bond acceptors (Lipinski definition) is 3. The molecule has 0 aliphatic heterocycles. The second-order valence-electron chi connectivity index (χ2n) is 5.15. The molecule has 0 saturated carbocycles. The molecule has 1 N–H and O–H groups in total. The van der Waals surface area contributed by atoms with Crippen molar-refractivity contribution in [2.24, 2.45) is 0 Å². The Kier molecular flexibility index (Phi) is 6.37. The summed E-state index contributed by atoms with van der Waals surface area (Å²) in [5.41, 5.74) is 1.70. The maximum Gasteiger partial charge on any atom is 0.265 e. The number of carbonyl (C=O) groups is 1. The summed E-state index contributed by atoms with van der Waals surface area (Å²) in [6, 6.07) is 13.1. The second-order valence-corrected chi connectivity index (χ2v) is 6.43. The van der Waals surface area contributed by atoms with Gasteiger partial charge in [-0.1, -0.05) is 24.6 Å². The lowest BCUT2D eigenvalue weighted by atomic mass is 10.2. The van der Waals surface area contributed by atoms with Crippen molar-refractivity contribution in [2.45, 2.75) is 31.3 Å². The van der Waals surface area contributed by atoms with Crippen LogP contribution in [0.1, 0.15) is 18.9 Å². The van der Waals surface area contributed by atoms with Crippen LogP contribution in [-0.2, 0) is 4.79 Å². The van der Waals surface area contributed by atoms with Crippen molar-refractivity contribution in [3.63, 3.8) is 0 Å². The third-order valence-electron chi connectivity index (χ3n) is 3.41. The van der Waals surface area contributed by atoms with Crippen molar-refractivity contribution in [3.05, 3.63) is 53.1 Å². The van der Waals surface area contributed by atoms with Gasteiger partial charge in [0.2, 0.25) is 0 Å². The van der Waals surface area contributed by atoms with Crippen LogP contribution in [0.5, 0.6) is 5.75 Å². The molecule has 0 spiro atoms. The van der Waals surface area contributed by atoms with Crippen LogP contribution in [0, 0.1) is 6.92 Å².